The molecule has 1 aromatic carbocycles. The van der Waals surface area contributed by atoms with Crippen LogP contribution in [-0.2, 0) is 14.8 Å². The molecule has 1 aliphatic heterocycles. The van der Waals surface area contributed by atoms with E-state index in [1.807, 2.05) is 18.2 Å². The van der Waals surface area contributed by atoms with E-state index in [0.29, 0.717) is 29.6 Å². The zero-order chi connectivity index (χ0) is 20.5. The molecular weight excluding hydrogens is 443 g/mol. The first-order valence-corrected chi connectivity index (χ1v) is 12.0. The normalized spacial score (nSPS) is 26.4. The van der Waals surface area contributed by atoms with Gasteiger partial charge in [-0.15, -0.1) is 11.6 Å². The molecule has 0 saturated carbocycles. The lowest BCUT2D eigenvalue weighted by Gasteiger charge is -2.48. The molecule has 0 bridgehead atoms. The topological polar surface area (TPSA) is 49.9 Å². The van der Waals surface area contributed by atoms with Crippen LogP contribution >= 0.6 is 34.8 Å². The molecule has 1 aromatic rings. The van der Waals surface area contributed by atoms with Crippen molar-refractivity contribution in [3.05, 3.63) is 52.0 Å². The van der Waals surface area contributed by atoms with E-state index in [4.69, 9.17) is 39.5 Å². The van der Waals surface area contributed by atoms with Crippen molar-refractivity contribution in [3.63, 3.8) is 0 Å². The fourth-order valence-electron chi connectivity index (χ4n) is 3.85. The number of rotatable bonds is 5. The maximum absolute atomic E-state index is 12.5. The Morgan fingerprint density at radius 3 is 2.57 bits per heavy atom. The third kappa shape index (κ3) is 4.69. The van der Waals surface area contributed by atoms with Crippen LogP contribution in [0.1, 0.15) is 6.42 Å². The Hall–Kier alpha value is -0.760. The van der Waals surface area contributed by atoms with Gasteiger partial charge in [0.05, 0.1) is 41.0 Å². The van der Waals surface area contributed by atoms with Crippen LogP contribution in [0, 0.1) is 0 Å². The number of alkyl halides is 1. The molecule has 1 unspecified atom stereocenters. The number of hydrogen-bond donors (Lipinski definition) is 0. The number of hydrogen-bond acceptors (Lipinski definition) is 4. The Balaban J connectivity index is 2.09. The maximum Gasteiger partial charge on any atom is 0.211 e. The molecule has 0 radical (unpaired) electrons. The summed E-state index contributed by atoms with van der Waals surface area (Å²) in [5.74, 6) is 0. The predicted molar refractivity (Wildman–Crippen MR) is 116 cm³/mol. The Bertz CT molecular complexity index is 888. The molecule has 28 heavy (non-hydrogen) atoms. The summed E-state index contributed by atoms with van der Waals surface area (Å²) in [6, 6.07) is 4.69. The Morgan fingerprint density at radius 2 is 2.00 bits per heavy atom. The molecule has 2 aliphatic rings. The fraction of sp³-hybridized carbons (Fsp3) is 0.474. The van der Waals surface area contributed by atoms with Crippen molar-refractivity contribution in [1.82, 2.24) is 4.31 Å². The molecule has 3 atom stereocenters. The summed E-state index contributed by atoms with van der Waals surface area (Å²) in [5.41, 5.74) is 1.81. The number of nitrogens with zero attached hydrogens (tertiary/aromatic N) is 2. The smallest absolute Gasteiger partial charge is 0.211 e. The van der Waals surface area contributed by atoms with Gasteiger partial charge in [-0.1, -0.05) is 41.4 Å². The maximum atomic E-state index is 12.5. The van der Waals surface area contributed by atoms with Gasteiger partial charge >= 0.3 is 0 Å². The zero-order valence-electron chi connectivity index (χ0n) is 15.7. The van der Waals surface area contributed by atoms with Gasteiger partial charge in [-0.05, 0) is 30.2 Å². The van der Waals surface area contributed by atoms with Crippen LogP contribution in [0.2, 0.25) is 10.0 Å². The van der Waals surface area contributed by atoms with Gasteiger partial charge in [0.1, 0.15) is 0 Å². The highest BCUT2D eigenvalue weighted by molar-refractivity contribution is 7.88. The summed E-state index contributed by atoms with van der Waals surface area (Å²) in [6.45, 7) is 1.10. The third-order valence-corrected chi connectivity index (χ3v) is 7.20. The van der Waals surface area contributed by atoms with Gasteiger partial charge in [-0.2, -0.15) is 4.31 Å². The first-order valence-electron chi connectivity index (χ1n) is 8.92. The van der Waals surface area contributed by atoms with Gasteiger partial charge in [0.25, 0.3) is 0 Å². The zero-order valence-corrected chi connectivity index (χ0v) is 18.8. The van der Waals surface area contributed by atoms with E-state index in [-0.39, 0.29) is 18.0 Å². The number of halogens is 3. The molecule has 0 spiro atoms. The average Bonchev–Trinajstić information content (AvgIpc) is 2.62. The molecule has 154 valence electrons. The largest absolute Gasteiger partial charge is 0.383 e. The van der Waals surface area contributed by atoms with Gasteiger partial charge in [0, 0.05) is 25.2 Å². The van der Waals surface area contributed by atoms with Crippen molar-refractivity contribution in [1.29, 1.82) is 0 Å². The monoisotopic (exact) mass is 464 g/mol. The summed E-state index contributed by atoms with van der Waals surface area (Å²) < 4.78 is 31.8. The van der Waals surface area contributed by atoms with E-state index < -0.39 is 16.1 Å². The number of ether oxygens (including phenoxy) is 1. The first kappa shape index (κ1) is 21.9. The number of anilines is 1. The summed E-state index contributed by atoms with van der Waals surface area (Å²) >= 11 is 18.8. The highest BCUT2D eigenvalue weighted by Crippen LogP contribution is 2.37. The van der Waals surface area contributed by atoms with Gasteiger partial charge < -0.3 is 9.64 Å². The lowest BCUT2D eigenvalue weighted by molar-refractivity contribution is 0.112. The van der Waals surface area contributed by atoms with Crippen LogP contribution in [-0.4, -0.2) is 63.2 Å². The molecule has 5 nitrogen and oxygen atoms in total. The van der Waals surface area contributed by atoms with E-state index in [0.717, 1.165) is 11.3 Å². The van der Waals surface area contributed by atoms with Crippen LogP contribution in [0.3, 0.4) is 0 Å². The van der Waals surface area contributed by atoms with Crippen molar-refractivity contribution in [2.45, 2.75) is 23.9 Å². The molecule has 9 heteroatoms. The van der Waals surface area contributed by atoms with Gasteiger partial charge in [-0.25, -0.2) is 8.42 Å². The number of benzene rings is 1. The number of allylic oxidation sites excluding steroid dienone is 2. The summed E-state index contributed by atoms with van der Waals surface area (Å²) in [7, 11) is -1.83. The predicted octanol–water partition coefficient (Wildman–Crippen LogP) is 3.95. The van der Waals surface area contributed by atoms with E-state index in [9.17, 15) is 8.42 Å². The quantitative estimate of drug-likeness (QED) is 0.618. The minimum Gasteiger partial charge on any atom is -0.383 e. The van der Waals surface area contributed by atoms with E-state index in [1.54, 1.807) is 19.2 Å². The van der Waals surface area contributed by atoms with Gasteiger partial charge in [0.2, 0.25) is 10.0 Å². The third-order valence-electron chi connectivity index (χ3n) is 5.03. The standard InChI is InChI=1S/C19H23Cl3N2O3S/c1-27-12-18-19(13-3-5-14(20)6-4-13)23(9-10-24(18)28(2,25)26)17-8-7-15(21)11-16(17)22/h3-5,7-8,11,14,18-19H,6,9-10,12H2,1-2H3/t14?,18-,19+/m1/s1. The van der Waals surface area contributed by atoms with Crippen LogP contribution in [0.15, 0.2) is 42.0 Å². The Kier molecular flexibility index (Phi) is 7.00. The van der Waals surface area contributed by atoms with Crippen molar-refractivity contribution < 1.29 is 13.2 Å². The summed E-state index contributed by atoms with van der Waals surface area (Å²) in [5, 5.41) is 1.01. The lowest BCUT2D eigenvalue weighted by Crippen LogP contribution is -2.63. The molecule has 1 heterocycles. The average molecular weight is 466 g/mol. The van der Waals surface area contributed by atoms with Crippen LogP contribution < -0.4 is 4.90 Å². The number of piperazine rings is 1. The highest BCUT2D eigenvalue weighted by Gasteiger charge is 2.42. The van der Waals surface area contributed by atoms with Crippen molar-refractivity contribution in [2.75, 3.05) is 38.0 Å². The van der Waals surface area contributed by atoms with Crippen molar-refractivity contribution in [3.8, 4) is 0 Å². The molecule has 1 fully saturated rings. The lowest BCUT2D eigenvalue weighted by atomic mass is 9.91. The fourth-order valence-corrected chi connectivity index (χ4v) is 5.61. The van der Waals surface area contributed by atoms with Crippen LogP contribution in [0.4, 0.5) is 5.69 Å². The minimum atomic E-state index is -3.41. The molecular formula is C19H23Cl3N2O3S. The second-order valence-electron chi connectivity index (χ2n) is 6.95. The Labute approximate surface area is 181 Å². The summed E-state index contributed by atoms with van der Waals surface area (Å²) in [6.07, 6.45) is 7.88. The molecule has 1 saturated heterocycles. The van der Waals surface area contributed by atoms with Crippen molar-refractivity contribution >= 4 is 50.5 Å². The van der Waals surface area contributed by atoms with E-state index in [2.05, 4.69) is 11.0 Å². The number of sulfonamides is 1. The van der Waals surface area contributed by atoms with Crippen molar-refractivity contribution in [2.24, 2.45) is 0 Å². The summed E-state index contributed by atoms with van der Waals surface area (Å²) in [4.78, 5) is 2.13. The SMILES string of the molecule is COC[C@@H]1[C@H](C2=CCC(Cl)C=C2)N(c2ccc(Cl)cc2Cl)CCN1S(C)(=O)=O. The Morgan fingerprint density at radius 1 is 1.25 bits per heavy atom. The molecule has 0 aromatic heterocycles. The van der Waals surface area contributed by atoms with Crippen LogP contribution in [0.25, 0.3) is 0 Å². The number of methoxy groups -OCH3 is 1. The molecule has 3 rings (SSSR count). The molecule has 1 aliphatic carbocycles. The first-order chi connectivity index (χ1) is 13.2. The van der Waals surface area contributed by atoms with Gasteiger partial charge in [-0.3, -0.25) is 0 Å². The van der Waals surface area contributed by atoms with Crippen LogP contribution in [0.5, 0.6) is 0 Å². The van der Waals surface area contributed by atoms with Gasteiger partial charge in [0.15, 0.2) is 0 Å². The van der Waals surface area contributed by atoms with E-state index >= 15 is 0 Å². The molecule has 0 amide bonds. The minimum absolute atomic E-state index is 0.0632. The second kappa shape index (κ2) is 8.94. The highest BCUT2D eigenvalue weighted by atomic mass is 35.5. The molecule has 0 N–H and O–H groups in total. The van der Waals surface area contributed by atoms with E-state index in [1.165, 1.54) is 10.6 Å². The second-order valence-corrected chi connectivity index (χ2v) is 10.3.